The minimum atomic E-state index is 0.270. The van der Waals surface area contributed by atoms with Gasteiger partial charge in [0.05, 0.1) is 12.2 Å². The predicted molar refractivity (Wildman–Crippen MR) is 82.9 cm³/mol. The average Bonchev–Trinajstić information content (AvgIpc) is 2.41. The summed E-state index contributed by atoms with van der Waals surface area (Å²) in [6.45, 7) is 10.7. The lowest BCUT2D eigenvalue weighted by Gasteiger charge is -2.38. The van der Waals surface area contributed by atoms with Crippen molar-refractivity contribution in [1.82, 2.24) is 10.2 Å². The van der Waals surface area contributed by atoms with E-state index >= 15 is 0 Å². The zero-order valence-corrected chi connectivity index (χ0v) is 12.8. The van der Waals surface area contributed by atoms with Crippen LogP contribution in [0.15, 0.2) is 12.1 Å². The van der Waals surface area contributed by atoms with E-state index in [9.17, 15) is 0 Å². The lowest BCUT2D eigenvalue weighted by atomic mass is 10.1. The van der Waals surface area contributed by atoms with Crippen molar-refractivity contribution in [3.8, 4) is 5.75 Å². The molecule has 0 saturated carbocycles. The van der Waals surface area contributed by atoms with Gasteiger partial charge in [-0.05, 0) is 31.0 Å². The summed E-state index contributed by atoms with van der Waals surface area (Å²) in [5, 5.41) is 3.40. The smallest absolute Gasteiger partial charge is 0.146 e. The van der Waals surface area contributed by atoms with Crippen molar-refractivity contribution in [2.75, 3.05) is 51.2 Å². The standard InChI is InChI=1S/C16H25N3O/c1-12-8-13(2)16-15(9-12)18(3)10-14(20-16)11-19-6-4-17-5-7-19/h8-9,14,17H,4-7,10-11H2,1-3H3. The van der Waals surface area contributed by atoms with Gasteiger partial charge < -0.3 is 15.0 Å². The van der Waals surface area contributed by atoms with Crippen LogP contribution in [-0.4, -0.2) is 57.3 Å². The summed E-state index contributed by atoms with van der Waals surface area (Å²) in [5.74, 6) is 1.07. The third-order valence-corrected chi connectivity index (χ3v) is 4.24. The molecule has 1 aromatic rings. The molecule has 1 atom stereocenters. The highest BCUT2D eigenvalue weighted by molar-refractivity contribution is 5.64. The number of hydrogen-bond acceptors (Lipinski definition) is 4. The molecule has 0 aromatic heterocycles. The molecule has 0 amide bonds. The zero-order valence-electron chi connectivity index (χ0n) is 12.8. The fourth-order valence-corrected chi connectivity index (χ4v) is 3.25. The van der Waals surface area contributed by atoms with Gasteiger partial charge in [-0.2, -0.15) is 0 Å². The van der Waals surface area contributed by atoms with Gasteiger partial charge in [0, 0.05) is 39.8 Å². The highest BCUT2D eigenvalue weighted by Crippen LogP contribution is 2.36. The summed E-state index contributed by atoms with van der Waals surface area (Å²) in [6.07, 6.45) is 0.270. The van der Waals surface area contributed by atoms with E-state index in [1.54, 1.807) is 0 Å². The molecular weight excluding hydrogens is 250 g/mol. The van der Waals surface area contributed by atoms with E-state index < -0.39 is 0 Å². The fourth-order valence-electron chi connectivity index (χ4n) is 3.25. The molecule has 1 aromatic carbocycles. The van der Waals surface area contributed by atoms with Crippen molar-refractivity contribution in [2.45, 2.75) is 20.0 Å². The maximum absolute atomic E-state index is 6.29. The summed E-state index contributed by atoms with van der Waals surface area (Å²) < 4.78 is 6.29. The second kappa shape index (κ2) is 5.62. The van der Waals surface area contributed by atoms with Crippen molar-refractivity contribution in [1.29, 1.82) is 0 Å². The van der Waals surface area contributed by atoms with Gasteiger partial charge in [0.2, 0.25) is 0 Å². The SMILES string of the molecule is Cc1cc(C)c2c(c1)N(C)CC(CN1CCNCC1)O2. The van der Waals surface area contributed by atoms with Crippen molar-refractivity contribution in [3.63, 3.8) is 0 Å². The molecule has 4 nitrogen and oxygen atoms in total. The first-order valence-electron chi connectivity index (χ1n) is 7.55. The van der Waals surface area contributed by atoms with Gasteiger partial charge in [0.25, 0.3) is 0 Å². The van der Waals surface area contributed by atoms with Crippen LogP contribution in [-0.2, 0) is 0 Å². The van der Waals surface area contributed by atoms with Crippen molar-refractivity contribution in [2.24, 2.45) is 0 Å². The van der Waals surface area contributed by atoms with Crippen LogP contribution < -0.4 is 15.0 Å². The molecular formula is C16H25N3O. The van der Waals surface area contributed by atoms with Gasteiger partial charge in [-0.15, -0.1) is 0 Å². The molecule has 2 aliphatic rings. The number of nitrogens with one attached hydrogen (secondary N) is 1. The molecule has 0 bridgehead atoms. The van der Waals surface area contributed by atoms with E-state index in [1.807, 2.05) is 0 Å². The Balaban J connectivity index is 1.74. The second-order valence-electron chi connectivity index (χ2n) is 6.10. The highest BCUT2D eigenvalue weighted by Gasteiger charge is 2.27. The summed E-state index contributed by atoms with van der Waals surface area (Å²) in [4.78, 5) is 4.84. The zero-order chi connectivity index (χ0) is 14.1. The summed E-state index contributed by atoms with van der Waals surface area (Å²) >= 11 is 0. The van der Waals surface area contributed by atoms with Crippen molar-refractivity contribution < 1.29 is 4.74 Å². The minimum Gasteiger partial charge on any atom is -0.485 e. The van der Waals surface area contributed by atoms with Gasteiger partial charge in [0.15, 0.2) is 0 Å². The Kier molecular flexibility index (Phi) is 3.85. The van der Waals surface area contributed by atoms with Crippen LogP contribution in [0.3, 0.4) is 0 Å². The minimum absolute atomic E-state index is 0.270. The highest BCUT2D eigenvalue weighted by atomic mass is 16.5. The first kappa shape index (κ1) is 13.7. The van der Waals surface area contributed by atoms with E-state index in [0.717, 1.165) is 45.0 Å². The van der Waals surface area contributed by atoms with E-state index in [-0.39, 0.29) is 6.10 Å². The first-order valence-corrected chi connectivity index (χ1v) is 7.55. The number of likely N-dealkylation sites (N-methyl/N-ethyl adjacent to an activating group) is 1. The molecule has 1 fully saturated rings. The maximum atomic E-state index is 6.29. The van der Waals surface area contributed by atoms with Gasteiger partial charge in [-0.1, -0.05) is 6.07 Å². The van der Waals surface area contributed by atoms with Crippen molar-refractivity contribution >= 4 is 5.69 Å². The molecule has 110 valence electrons. The van der Waals surface area contributed by atoms with Gasteiger partial charge >= 0.3 is 0 Å². The maximum Gasteiger partial charge on any atom is 0.146 e. The number of nitrogens with zero attached hydrogens (tertiary/aromatic N) is 2. The second-order valence-corrected chi connectivity index (χ2v) is 6.10. The quantitative estimate of drug-likeness (QED) is 0.883. The Morgan fingerprint density at radius 2 is 2.00 bits per heavy atom. The van der Waals surface area contributed by atoms with Crippen molar-refractivity contribution in [3.05, 3.63) is 23.3 Å². The van der Waals surface area contributed by atoms with E-state index in [4.69, 9.17) is 4.74 Å². The Hall–Kier alpha value is -1.26. The Bertz CT molecular complexity index is 483. The molecule has 0 radical (unpaired) electrons. The molecule has 1 saturated heterocycles. The number of benzene rings is 1. The number of fused-ring (bicyclic) bond motifs is 1. The average molecular weight is 275 g/mol. The molecule has 0 aliphatic carbocycles. The summed E-state index contributed by atoms with van der Waals surface area (Å²) in [5.41, 5.74) is 3.79. The lowest BCUT2D eigenvalue weighted by Crippen LogP contribution is -2.50. The van der Waals surface area contributed by atoms with Crippen LogP contribution in [0.25, 0.3) is 0 Å². The molecule has 2 heterocycles. The molecule has 1 unspecified atom stereocenters. The van der Waals surface area contributed by atoms with Gasteiger partial charge in [-0.25, -0.2) is 0 Å². The number of piperazine rings is 1. The predicted octanol–water partition coefficient (Wildman–Crippen LogP) is 1.41. The van der Waals surface area contributed by atoms with Gasteiger partial charge in [0.1, 0.15) is 11.9 Å². The van der Waals surface area contributed by atoms with E-state index in [0.29, 0.717) is 0 Å². The molecule has 1 N–H and O–H groups in total. The van der Waals surface area contributed by atoms with Crippen LogP contribution in [0.5, 0.6) is 5.75 Å². The van der Waals surface area contributed by atoms with Crippen LogP contribution in [0.1, 0.15) is 11.1 Å². The summed E-state index contributed by atoms with van der Waals surface area (Å²) in [6, 6.07) is 4.43. The number of aryl methyl sites for hydroxylation is 2. The molecule has 4 heteroatoms. The van der Waals surface area contributed by atoms with E-state index in [1.165, 1.54) is 16.8 Å². The number of anilines is 1. The molecule has 2 aliphatic heterocycles. The van der Waals surface area contributed by atoms with Crippen LogP contribution in [0.2, 0.25) is 0 Å². The molecule has 0 spiro atoms. The topological polar surface area (TPSA) is 27.7 Å². The molecule has 3 rings (SSSR count). The Labute approximate surface area is 121 Å². The molecule has 20 heavy (non-hydrogen) atoms. The monoisotopic (exact) mass is 275 g/mol. The fraction of sp³-hybridized carbons (Fsp3) is 0.625. The Morgan fingerprint density at radius 1 is 1.25 bits per heavy atom. The third kappa shape index (κ3) is 2.76. The summed E-state index contributed by atoms with van der Waals surface area (Å²) in [7, 11) is 2.17. The lowest BCUT2D eigenvalue weighted by molar-refractivity contribution is 0.120. The number of rotatable bonds is 2. The van der Waals surface area contributed by atoms with Gasteiger partial charge in [-0.3, -0.25) is 4.90 Å². The first-order chi connectivity index (χ1) is 9.63. The van der Waals surface area contributed by atoms with E-state index in [2.05, 4.69) is 48.1 Å². The largest absolute Gasteiger partial charge is 0.485 e. The van der Waals surface area contributed by atoms with Crippen LogP contribution in [0, 0.1) is 13.8 Å². The van der Waals surface area contributed by atoms with Crippen LogP contribution in [0.4, 0.5) is 5.69 Å². The Morgan fingerprint density at radius 3 is 2.75 bits per heavy atom. The normalized spacial score (nSPS) is 23.4. The third-order valence-electron chi connectivity index (χ3n) is 4.24. The number of ether oxygens (including phenoxy) is 1. The van der Waals surface area contributed by atoms with Crippen LogP contribution >= 0.6 is 0 Å². The number of hydrogen-bond donors (Lipinski definition) is 1.